The molecule has 1 amide bonds. The number of hydrogen-bond acceptors (Lipinski definition) is 7. The fourth-order valence-electron chi connectivity index (χ4n) is 3.13. The Labute approximate surface area is 190 Å². The molecular formula is C22H15FN6OS2. The molecule has 0 aliphatic rings. The zero-order valence-electron chi connectivity index (χ0n) is 16.5. The molecule has 0 unspecified atom stereocenters. The third kappa shape index (κ3) is 3.97. The summed E-state index contributed by atoms with van der Waals surface area (Å²) in [5.41, 5.74) is 9.00. The van der Waals surface area contributed by atoms with E-state index in [2.05, 4.69) is 15.1 Å². The molecule has 2 aromatic carbocycles. The highest BCUT2D eigenvalue weighted by molar-refractivity contribution is 7.98. The molecule has 0 saturated carbocycles. The highest BCUT2D eigenvalue weighted by atomic mass is 32.2. The van der Waals surface area contributed by atoms with E-state index in [1.165, 1.54) is 29.8 Å². The molecule has 0 bridgehead atoms. The molecule has 0 aliphatic heterocycles. The highest BCUT2D eigenvalue weighted by Gasteiger charge is 2.13. The topological polar surface area (TPSA) is 99.6 Å². The molecule has 7 nitrogen and oxygen atoms in total. The lowest BCUT2D eigenvalue weighted by atomic mass is 10.1. The van der Waals surface area contributed by atoms with Crippen LogP contribution in [0.3, 0.4) is 0 Å². The zero-order chi connectivity index (χ0) is 22.1. The summed E-state index contributed by atoms with van der Waals surface area (Å²) >= 11 is 3.09. The molecule has 0 saturated heterocycles. The number of carbonyl (C=O) groups is 1. The van der Waals surface area contributed by atoms with Crippen molar-refractivity contribution in [2.75, 3.05) is 0 Å². The second-order valence-electron chi connectivity index (χ2n) is 6.82. The number of halogens is 1. The lowest BCUT2D eigenvalue weighted by molar-refractivity contribution is 0.100. The van der Waals surface area contributed by atoms with E-state index in [9.17, 15) is 9.18 Å². The van der Waals surface area contributed by atoms with Gasteiger partial charge in [0.05, 0.1) is 23.0 Å². The minimum atomic E-state index is -0.452. The van der Waals surface area contributed by atoms with Crippen LogP contribution < -0.4 is 5.73 Å². The molecule has 2 N–H and O–H groups in total. The molecule has 3 aromatic heterocycles. The standard InChI is InChI=1S/C22H15FN6OS2/c23-15-5-7-17(8-6-15)29-20-18(9-27-29)22(26-12-25-20)32-11-16-10-31-21(28-16)14-3-1-13(2-4-14)19(24)30/h1-10,12H,11H2,(H2,24,30). The molecule has 0 radical (unpaired) electrons. The highest BCUT2D eigenvalue weighted by Crippen LogP contribution is 2.30. The first-order valence-corrected chi connectivity index (χ1v) is 11.4. The van der Waals surface area contributed by atoms with Gasteiger partial charge in [0.25, 0.3) is 0 Å². The second kappa shape index (κ2) is 8.48. The number of amides is 1. The summed E-state index contributed by atoms with van der Waals surface area (Å²) in [6.07, 6.45) is 3.22. The third-order valence-electron chi connectivity index (χ3n) is 4.73. The van der Waals surface area contributed by atoms with Crippen molar-refractivity contribution in [3.8, 4) is 16.3 Å². The first kappa shape index (κ1) is 20.3. The molecule has 0 aliphatic carbocycles. The lowest BCUT2D eigenvalue weighted by Gasteiger charge is -2.04. The maximum atomic E-state index is 13.2. The fraction of sp³-hybridized carbons (Fsp3) is 0.0455. The Balaban J connectivity index is 1.35. The summed E-state index contributed by atoms with van der Waals surface area (Å²) in [6, 6.07) is 13.2. The van der Waals surface area contributed by atoms with Gasteiger partial charge in [-0.25, -0.2) is 24.0 Å². The van der Waals surface area contributed by atoms with E-state index in [0.29, 0.717) is 17.0 Å². The number of thiazole rings is 1. The van der Waals surface area contributed by atoms with Gasteiger partial charge in [-0.05, 0) is 36.4 Å². The van der Waals surface area contributed by atoms with Gasteiger partial charge in [0.1, 0.15) is 22.2 Å². The van der Waals surface area contributed by atoms with Gasteiger partial charge in [0.2, 0.25) is 5.91 Å². The average molecular weight is 463 g/mol. The Morgan fingerprint density at radius 2 is 1.88 bits per heavy atom. The van der Waals surface area contributed by atoms with Crippen molar-refractivity contribution in [3.63, 3.8) is 0 Å². The maximum Gasteiger partial charge on any atom is 0.248 e. The fourth-order valence-corrected chi connectivity index (χ4v) is 4.92. The van der Waals surface area contributed by atoms with E-state index in [4.69, 9.17) is 10.7 Å². The van der Waals surface area contributed by atoms with E-state index < -0.39 is 5.91 Å². The van der Waals surface area contributed by atoms with Gasteiger partial charge in [-0.15, -0.1) is 11.3 Å². The molecule has 3 heterocycles. The van der Waals surface area contributed by atoms with Crippen molar-refractivity contribution in [2.45, 2.75) is 10.8 Å². The number of nitrogens with zero attached hydrogens (tertiary/aromatic N) is 5. The summed E-state index contributed by atoms with van der Waals surface area (Å²) in [7, 11) is 0. The minimum absolute atomic E-state index is 0.303. The molecular weight excluding hydrogens is 447 g/mol. The summed E-state index contributed by atoms with van der Waals surface area (Å²) in [5.74, 6) is -0.127. The summed E-state index contributed by atoms with van der Waals surface area (Å²) in [6.45, 7) is 0. The predicted octanol–water partition coefficient (Wildman–Crippen LogP) is 4.47. The van der Waals surface area contributed by atoms with Crippen molar-refractivity contribution in [1.29, 1.82) is 0 Å². The van der Waals surface area contributed by atoms with Crippen LogP contribution >= 0.6 is 23.1 Å². The molecule has 32 heavy (non-hydrogen) atoms. The van der Waals surface area contributed by atoms with Crippen LogP contribution in [-0.2, 0) is 5.75 Å². The first-order chi connectivity index (χ1) is 15.6. The van der Waals surface area contributed by atoms with Gasteiger partial charge in [-0.1, -0.05) is 23.9 Å². The number of primary amides is 1. The van der Waals surface area contributed by atoms with Crippen LogP contribution in [0.25, 0.3) is 27.3 Å². The summed E-state index contributed by atoms with van der Waals surface area (Å²) in [5, 5.41) is 8.89. The molecule has 0 atom stereocenters. The first-order valence-electron chi connectivity index (χ1n) is 9.50. The number of nitrogens with two attached hydrogens (primary N) is 1. The van der Waals surface area contributed by atoms with Crippen molar-refractivity contribution < 1.29 is 9.18 Å². The van der Waals surface area contributed by atoms with E-state index >= 15 is 0 Å². The molecule has 10 heteroatoms. The van der Waals surface area contributed by atoms with Crippen molar-refractivity contribution in [3.05, 3.63) is 83.5 Å². The van der Waals surface area contributed by atoms with Gasteiger partial charge in [-0.3, -0.25) is 4.79 Å². The Morgan fingerprint density at radius 1 is 1.09 bits per heavy atom. The van der Waals surface area contributed by atoms with Crippen molar-refractivity contribution in [2.24, 2.45) is 5.73 Å². The van der Waals surface area contributed by atoms with Gasteiger partial charge in [0, 0.05) is 22.3 Å². The Hall–Kier alpha value is -3.63. The minimum Gasteiger partial charge on any atom is -0.366 e. The van der Waals surface area contributed by atoms with E-state index in [1.54, 1.807) is 46.9 Å². The zero-order valence-corrected chi connectivity index (χ0v) is 18.1. The van der Waals surface area contributed by atoms with Crippen LogP contribution in [0, 0.1) is 5.82 Å². The van der Waals surface area contributed by atoms with E-state index in [1.807, 2.05) is 17.5 Å². The normalized spacial score (nSPS) is 11.2. The average Bonchev–Trinajstić information content (AvgIpc) is 3.46. The predicted molar refractivity (Wildman–Crippen MR) is 122 cm³/mol. The molecule has 158 valence electrons. The van der Waals surface area contributed by atoms with Crippen LogP contribution in [0.4, 0.5) is 4.39 Å². The molecule has 5 rings (SSSR count). The quantitative estimate of drug-likeness (QED) is 0.295. The van der Waals surface area contributed by atoms with E-state index in [-0.39, 0.29) is 5.82 Å². The number of carbonyl (C=O) groups excluding carboxylic acids is 1. The van der Waals surface area contributed by atoms with Crippen LogP contribution in [0.2, 0.25) is 0 Å². The monoisotopic (exact) mass is 462 g/mol. The number of thioether (sulfide) groups is 1. The lowest BCUT2D eigenvalue weighted by Crippen LogP contribution is -2.10. The SMILES string of the molecule is NC(=O)c1ccc(-c2nc(CSc3ncnc4c3cnn4-c3ccc(F)cc3)cs2)cc1. The van der Waals surface area contributed by atoms with Gasteiger partial charge >= 0.3 is 0 Å². The summed E-state index contributed by atoms with van der Waals surface area (Å²) < 4.78 is 14.9. The van der Waals surface area contributed by atoms with Gasteiger partial charge < -0.3 is 5.73 Å². The maximum absolute atomic E-state index is 13.2. The second-order valence-corrected chi connectivity index (χ2v) is 8.65. The number of aromatic nitrogens is 5. The Kier molecular flexibility index (Phi) is 5.38. The van der Waals surface area contributed by atoms with Crippen LogP contribution in [0.15, 0.2) is 71.5 Å². The van der Waals surface area contributed by atoms with Crippen LogP contribution in [0.5, 0.6) is 0 Å². The number of hydrogen-bond donors (Lipinski definition) is 1. The number of fused-ring (bicyclic) bond motifs is 1. The third-order valence-corrected chi connectivity index (χ3v) is 6.70. The smallest absolute Gasteiger partial charge is 0.248 e. The summed E-state index contributed by atoms with van der Waals surface area (Å²) in [4.78, 5) is 24.7. The molecule has 0 spiro atoms. The van der Waals surface area contributed by atoms with Crippen LogP contribution in [-0.4, -0.2) is 30.6 Å². The number of rotatable bonds is 6. The largest absolute Gasteiger partial charge is 0.366 e. The molecule has 0 fully saturated rings. The van der Waals surface area contributed by atoms with Crippen LogP contribution in [0.1, 0.15) is 16.1 Å². The Bertz CT molecular complexity index is 1410. The van der Waals surface area contributed by atoms with Gasteiger partial charge in [-0.2, -0.15) is 5.10 Å². The van der Waals surface area contributed by atoms with Crippen molar-refractivity contribution >= 4 is 40.0 Å². The molecule has 5 aromatic rings. The van der Waals surface area contributed by atoms with Crippen molar-refractivity contribution in [1.82, 2.24) is 24.7 Å². The van der Waals surface area contributed by atoms with E-state index in [0.717, 1.165) is 32.4 Å². The van der Waals surface area contributed by atoms with Gasteiger partial charge in [0.15, 0.2) is 5.65 Å². The Morgan fingerprint density at radius 3 is 2.62 bits per heavy atom. The number of benzene rings is 2.